The molecule has 2 aliphatic rings. The number of halogens is 2. The zero-order valence-corrected chi connectivity index (χ0v) is 13.6. The van der Waals surface area contributed by atoms with Crippen LogP contribution in [0, 0.1) is 5.92 Å². The van der Waals surface area contributed by atoms with Gasteiger partial charge in [-0.2, -0.15) is 0 Å². The summed E-state index contributed by atoms with van der Waals surface area (Å²) in [6, 6.07) is 5.50. The molecule has 3 N–H and O–H groups in total. The van der Waals surface area contributed by atoms with Gasteiger partial charge in [-0.3, -0.25) is 4.99 Å². The Balaban J connectivity index is 1.54. The van der Waals surface area contributed by atoms with E-state index in [0.717, 1.165) is 17.9 Å². The summed E-state index contributed by atoms with van der Waals surface area (Å²) in [5, 5.41) is 3.01. The van der Waals surface area contributed by atoms with E-state index in [-0.39, 0.29) is 24.7 Å². The van der Waals surface area contributed by atoms with Crippen LogP contribution in [0.1, 0.15) is 32.1 Å². The summed E-state index contributed by atoms with van der Waals surface area (Å²) in [4.78, 5) is 4.29. The van der Waals surface area contributed by atoms with Gasteiger partial charge in [-0.1, -0.05) is 0 Å². The maximum atomic E-state index is 13.1. The minimum atomic E-state index is -2.51. The number of benzene rings is 1. The normalized spacial score (nSPS) is 21.2. The van der Waals surface area contributed by atoms with Crippen molar-refractivity contribution in [1.29, 1.82) is 0 Å². The molecule has 0 amide bonds. The van der Waals surface area contributed by atoms with Crippen molar-refractivity contribution in [3.63, 3.8) is 0 Å². The first-order chi connectivity index (χ1) is 11.5. The predicted octanol–water partition coefficient (Wildman–Crippen LogP) is 3.40. The monoisotopic (exact) mass is 339 g/mol. The van der Waals surface area contributed by atoms with E-state index < -0.39 is 5.92 Å². The van der Waals surface area contributed by atoms with Gasteiger partial charge in [0.1, 0.15) is 0 Å². The zero-order chi connectivity index (χ0) is 17.0. The highest BCUT2D eigenvalue weighted by Gasteiger charge is 2.34. The first-order valence-electron chi connectivity index (χ1n) is 8.36. The third-order valence-electron chi connectivity index (χ3n) is 4.38. The lowest BCUT2D eigenvalue weighted by Crippen LogP contribution is -2.28. The van der Waals surface area contributed by atoms with Crippen LogP contribution in [0.5, 0.6) is 11.5 Å². The van der Waals surface area contributed by atoms with E-state index in [9.17, 15) is 8.78 Å². The Kier molecular flexibility index (Phi) is 5.06. The van der Waals surface area contributed by atoms with Gasteiger partial charge in [0.25, 0.3) is 0 Å². The molecule has 1 aliphatic heterocycles. The van der Waals surface area contributed by atoms with Crippen molar-refractivity contribution in [2.45, 2.75) is 38.0 Å². The number of alkyl halides is 2. The summed E-state index contributed by atoms with van der Waals surface area (Å²) in [6.07, 6.45) is 1.73. The van der Waals surface area contributed by atoms with Gasteiger partial charge < -0.3 is 20.5 Å². The average Bonchev–Trinajstić information content (AvgIpc) is 2.79. The minimum absolute atomic E-state index is 0.0529. The highest BCUT2D eigenvalue weighted by Crippen LogP contribution is 2.36. The molecule has 0 bridgehead atoms. The molecule has 1 heterocycles. The Morgan fingerprint density at radius 2 is 1.92 bits per heavy atom. The Morgan fingerprint density at radius 1 is 1.21 bits per heavy atom. The molecule has 7 heteroatoms. The van der Waals surface area contributed by atoms with Crippen LogP contribution < -0.4 is 20.5 Å². The number of aliphatic imine (C=N–C) groups is 1. The van der Waals surface area contributed by atoms with Gasteiger partial charge in [0.15, 0.2) is 17.5 Å². The van der Waals surface area contributed by atoms with Crippen LogP contribution in [-0.2, 0) is 0 Å². The third kappa shape index (κ3) is 4.49. The lowest BCUT2D eigenvalue weighted by atomic mass is 9.87. The molecule has 0 spiro atoms. The Morgan fingerprint density at radius 3 is 2.67 bits per heavy atom. The predicted molar refractivity (Wildman–Crippen MR) is 89.1 cm³/mol. The quantitative estimate of drug-likeness (QED) is 0.654. The van der Waals surface area contributed by atoms with Gasteiger partial charge in [0.2, 0.25) is 5.92 Å². The van der Waals surface area contributed by atoms with Crippen LogP contribution in [0.2, 0.25) is 0 Å². The lowest BCUT2D eigenvalue weighted by molar-refractivity contribution is -0.0446. The number of nitrogens with one attached hydrogen (secondary N) is 1. The van der Waals surface area contributed by atoms with Crippen LogP contribution in [0.3, 0.4) is 0 Å². The molecular formula is C17H23F2N3O2. The fourth-order valence-corrected chi connectivity index (χ4v) is 2.94. The number of nitrogens with zero attached hydrogens (tertiary/aromatic N) is 1. The molecule has 1 saturated carbocycles. The number of hydrogen-bond acceptors (Lipinski definition) is 3. The van der Waals surface area contributed by atoms with E-state index in [1.54, 1.807) is 0 Å². The minimum Gasteiger partial charge on any atom is -0.490 e. The van der Waals surface area contributed by atoms with Crippen molar-refractivity contribution in [2.24, 2.45) is 16.6 Å². The Hall–Kier alpha value is -2.05. The standard InChI is InChI=1S/C17H23F2N3O2/c18-17(19)6-4-12(5-7-17)11-21-16(20)22-13-2-3-14-15(10-13)24-9-1-8-23-14/h2-3,10,12H,1,4-9,11H2,(H3,20,21,22). The van der Waals surface area contributed by atoms with Crippen LogP contribution >= 0.6 is 0 Å². The molecular weight excluding hydrogens is 316 g/mol. The van der Waals surface area contributed by atoms with E-state index >= 15 is 0 Å². The van der Waals surface area contributed by atoms with Gasteiger partial charge in [-0.05, 0) is 30.9 Å². The van der Waals surface area contributed by atoms with E-state index in [0.29, 0.717) is 38.3 Å². The van der Waals surface area contributed by atoms with Crippen molar-refractivity contribution in [3.05, 3.63) is 18.2 Å². The first kappa shape index (κ1) is 16.8. The Bertz CT molecular complexity index is 597. The SMILES string of the molecule is NC(=NCC1CCC(F)(F)CC1)Nc1ccc2c(c1)OCCCO2. The topological polar surface area (TPSA) is 68.9 Å². The van der Waals surface area contributed by atoms with Crippen molar-refractivity contribution in [2.75, 3.05) is 25.1 Å². The van der Waals surface area contributed by atoms with Crippen LogP contribution in [-0.4, -0.2) is 31.6 Å². The second-order valence-electron chi connectivity index (χ2n) is 6.36. The van der Waals surface area contributed by atoms with Gasteiger partial charge in [-0.25, -0.2) is 8.78 Å². The number of guanidine groups is 1. The van der Waals surface area contributed by atoms with Crippen LogP contribution in [0.25, 0.3) is 0 Å². The summed E-state index contributed by atoms with van der Waals surface area (Å²) in [5.74, 6) is -0.652. The van der Waals surface area contributed by atoms with Crippen molar-refractivity contribution >= 4 is 11.6 Å². The largest absolute Gasteiger partial charge is 0.490 e. The molecule has 24 heavy (non-hydrogen) atoms. The van der Waals surface area contributed by atoms with Gasteiger partial charge in [0, 0.05) is 37.6 Å². The van der Waals surface area contributed by atoms with Crippen LogP contribution in [0.15, 0.2) is 23.2 Å². The molecule has 5 nitrogen and oxygen atoms in total. The fraction of sp³-hybridized carbons (Fsp3) is 0.588. The first-order valence-corrected chi connectivity index (χ1v) is 8.36. The number of fused-ring (bicyclic) bond motifs is 1. The van der Waals surface area contributed by atoms with E-state index in [4.69, 9.17) is 15.2 Å². The molecule has 0 radical (unpaired) electrons. The molecule has 0 atom stereocenters. The van der Waals surface area contributed by atoms with Crippen LogP contribution in [0.4, 0.5) is 14.5 Å². The molecule has 1 aromatic rings. The number of rotatable bonds is 3. The molecule has 132 valence electrons. The number of nitrogens with two attached hydrogens (primary N) is 1. The smallest absolute Gasteiger partial charge is 0.248 e. The second kappa shape index (κ2) is 7.23. The van der Waals surface area contributed by atoms with E-state index in [1.165, 1.54) is 0 Å². The van der Waals surface area contributed by atoms with Crippen molar-refractivity contribution in [3.8, 4) is 11.5 Å². The summed E-state index contributed by atoms with van der Waals surface area (Å²) in [5.41, 5.74) is 6.66. The summed E-state index contributed by atoms with van der Waals surface area (Å²) in [6.45, 7) is 1.73. The third-order valence-corrected chi connectivity index (χ3v) is 4.38. The number of ether oxygens (including phenoxy) is 2. The van der Waals surface area contributed by atoms with Gasteiger partial charge >= 0.3 is 0 Å². The van der Waals surface area contributed by atoms with Gasteiger partial charge in [0.05, 0.1) is 13.2 Å². The van der Waals surface area contributed by atoms with E-state index in [2.05, 4.69) is 10.3 Å². The molecule has 0 aromatic heterocycles. The van der Waals surface area contributed by atoms with E-state index in [1.807, 2.05) is 18.2 Å². The summed E-state index contributed by atoms with van der Waals surface area (Å²) < 4.78 is 37.5. The number of anilines is 1. The molecule has 0 unspecified atom stereocenters. The molecule has 3 rings (SSSR count). The Labute approximate surface area is 140 Å². The highest BCUT2D eigenvalue weighted by molar-refractivity contribution is 5.92. The van der Waals surface area contributed by atoms with Crippen molar-refractivity contribution < 1.29 is 18.3 Å². The average molecular weight is 339 g/mol. The number of hydrogen-bond donors (Lipinski definition) is 2. The van der Waals surface area contributed by atoms with Gasteiger partial charge in [-0.15, -0.1) is 0 Å². The molecule has 0 saturated heterocycles. The lowest BCUT2D eigenvalue weighted by Gasteiger charge is -2.27. The second-order valence-corrected chi connectivity index (χ2v) is 6.36. The molecule has 1 fully saturated rings. The molecule has 1 aromatic carbocycles. The molecule has 1 aliphatic carbocycles. The maximum absolute atomic E-state index is 13.1. The highest BCUT2D eigenvalue weighted by atomic mass is 19.3. The summed E-state index contributed by atoms with van der Waals surface area (Å²) in [7, 11) is 0. The maximum Gasteiger partial charge on any atom is 0.248 e. The summed E-state index contributed by atoms with van der Waals surface area (Å²) >= 11 is 0. The van der Waals surface area contributed by atoms with Crippen molar-refractivity contribution in [1.82, 2.24) is 0 Å². The fourth-order valence-electron chi connectivity index (χ4n) is 2.94. The zero-order valence-electron chi connectivity index (χ0n) is 13.6.